The van der Waals surface area contributed by atoms with Gasteiger partial charge in [-0.1, -0.05) is 51.6 Å². The average Bonchev–Trinajstić information content (AvgIpc) is 3.31. The van der Waals surface area contributed by atoms with Crippen LogP contribution in [0, 0.1) is 11.8 Å². The molecular formula is C22H28N3O15P3S2. The lowest BCUT2D eigenvalue weighted by atomic mass is 10.0. The first-order chi connectivity index (χ1) is 20.9. The zero-order valence-corrected chi connectivity index (χ0v) is 27.6. The quantitative estimate of drug-likeness (QED) is 0.0741. The number of H-pyrrole nitrogens is 1. The lowest BCUT2D eigenvalue weighted by Gasteiger charge is -2.22. The van der Waals surface area contributed by atoms with Gasteiger partial charge in [0.25, 0.3) is 5.56 Å². The van der Waals surface area contributed by atoms with E-state index < -0.39 is 65.7 Å². The molecule has 0 amide bonds. The maximum atomic E-state index is 13.4. The minimum Gasteiger partial charge on any atom is -0.456 e. The van der Waals surface area contributed by atoms with Gasteiger partial charge in [-0.05, 0) is 24.8 Å². The summed E-state index contributed by atoms with van der Waals surface area (Å²) in [5.74, 6) is 4.15. The predicted octanol–water partition coefficient (Wildman–Crippen LogP) is 1.78. The van der Waals surface area contributed by atoms with Crippen LogP contribution in [0.2, 0.25) is 0 Å². The Morgan fingerprint density at radius 2 is 1.87 bits per heavy atom. The minimum absolute atomic E-state index is 0.0886. The summed E-state index contributed by atoms with van der Waals surface area (Å²) in [5, 5.41) is -0.134. The van der Waals surface area contributed by atoms with Gasteiger partial charge in [0.05, 0.1) is 18.7 Å². The molecule has 1 aliphatic heterocycles. The number of hydrogen-bond acceptors (Lipinski definition) is 14. The van der Waals surface area contributed by atoms with E-state index in [1.54, 1.807) is 18.2 Å². The minimum atomic E-state index is -5.81. The van der Waals surface area contributed by atoms with Crippen LogP contribution < -0.4 is 17.0 Å². The van der Waals surface area contributed by atoms with Crippen LogP contribution in [0.15, 0.2) is 40.1 Å². The normalized spacial score (nSPS) is 21.6. The number of hydrogen-bond donors (Lipinski definition) is 6. The first-order valence-electron chi connectivity index (χ1n) is 12.4. The number of nitrogens with two attached hydrogens (primary N) is 1. The average molecular weight is 732 g/mol. The van der Waals surface area contributed by atoms with Crippen LogP contribution in [0.3, 0.4) is 0 Å². The summed E-state index contributed by atoms with van der Waals surface area (Å²) in [6.07, 6.45) is -1.30. The molecule has 6 atom stereocenters. The highest BCUT2D eigenvalue weighted by Crippen LogP contribution is 2.66. The fraction of sp³-hybridized carbons (Fsp3) is 0.409. The van der Waals surface area contributed by atoms with Crippen LogP contribution in [-0.4, -0.2) is 66.7 Å². The molecule has 1 aromatic heterocycles. The van der Waals surface area contributed by atoms with Crippen LogP contribution in [0.4, 0.5) is 0 Å². The van der Waals surface area contributed by atoms with E-state index in [4.69, 9.17) is 29.5 Å². The molecule has 7 N–H and O–H groups in total. The summed E-state index contributed by atoms with van der Waals surface area (Å²) in [7, 11) is -14.1. The summed E-state index contributed by atoms with van der Waals surface area (Å²) in [6.45, 7) is 0.812. The largest absolute Gasteiger partial charge is 0.490 e. The number of ether oxygens (including phenoxy) is 2. The molecule has 23 heteroatoms. The topological polar surface area (TPSA) is 276 Å². The Balaban J connectivity index is 1.91. The zero-order chi connectivity index (χ0) is 33.6. The molecule has 2 heterocycles. The van der Waals surface area contributed by atoms with E-state index in [1.165, 1.54) is 27.7 Å². The van der Waals surface area contributed by atoms with Crippen LogP contribution >= 0.6 is 45.1 Å². The third-order valence-corrected chi connectivity index (χ3v) is 11.7. The van der Waals surface area contributed by atoms with E-state index in [1.807, 2.05) is 13.2 Å². The van der Waals surface area contributed by atoms with Crippen molar-refractivity contribution in [2.24, 2.45) is 5.73 Å². The van der Waals surface area contributed by atoms with Crippen molar-refractivity contribution >= 4 is 51.0 Å². The van der Waals surface area contributed by atoms with Crippen molar-refractivity contribution in [1.29, 1.82) is 0 Å². The number of carbonyl (C=O) groups is 1. The van der Waals surface area contributed by atoms with Gasteiger partial charge in [-0.3, -0.25) is 18.9 Å². The van der Waals surface area contributed by atoms with Gasteiger partial charge in [-0.15, -0.1) is 0 Å². The number of phosphoric ester groups is 1. The van der Waals surface area contributed by atoms with Crippen molar-refractivity contribution in [2.75, 3.05) is 19.4 Å². The lowest BCUT2D eigenvalue weighted by molar-refractivity contribution is -0.0511. The molecule has 0 saturated carbocycles. The monoisotopic (exact) mass is 731 g/mol. The molecular weight excluding hydrogens is 703 g/mol. The summed E-state index contributed by atoms with van der Waals surface area (Å²) in [5.41, 5.74) is 4.30. The van der Waals surface area contributed by atoms with Gasteiger partial charge >= 0.3 is 35.1 Å². The van der Waals surface area contributed by atoms with Crippen LogP contribution in [-0.2, 0) is 36.3 Å². The highest BCUT2D eigenvalue weighted by atomic mass is 33.1. The molecule has 0 bridgehead atoms. The summed E-state index contributed by atoms with van der Waals surface area (Å²) in [6, 6.07) is 6.60. The standard InChI is InChI=1S/C22H28N3O15P3S2/c1-13(45-44-2)15-7-3-4-8-16(15)21(27)38-17-10-19(25-11-14(6-5-9-23)20(26)24-22(25)28)37-18(17)12-36-42(32,33)40-43(34,35)39-41(29,30)31/h3-4,7-8,11,13,17-19H,9-10,12,23H2,1-2H3,(H,32,33)(H,34,35)(H,24,26,28)(H2,29,30,31)/t13?,17?,18-,19-/m1/s1. The van der Waals surface area contributed by atoms with Gasteiger partial charge in [0.1, 0.15) is 24.0 Å². The number of aromatic amines is 1. The third-order valence-electron chi connectivity index (χ3n) is 5.72. The molecule has 0 radical (unpaired) electrons. The number of aromatic nitrogens is 2. The van der Waals surface area contributed by atoms with E-state index >= 15 is 0 Å². The van der Waals surface area contributed by atoms with Gasteiger partial charge < -0.3 is 34.8 Å². The third kappa shape index (κ3) is 11.0. The van der Waals surface area contributed by atoms with Crippen molar-refractivity contribution in [1.82, 2.24) is 9.55 Å². The van der Waals surface area contributed by atoms with E-state index in [2.05, 4.69) is 25.4 Å². The number of benzene rings is 1. The molecule has 1 saturated heterocycles. The number of carbonyl (C=O) groups excluding carboxylic acids is 1. The second-order valence-electron chi connectivity index (χ2n) is 8.90. The molecule has 1 aliphatic rings. The molecule has 1 fully saturated rings. The van der Waals surface area contributed by atoms with E-state index in [0.717, 1.165) is 10.8 Å². The van der Waals surface area contributed by atoms with Gasteiger partial charge in [0, 0.05) is 17.9 Å². The fourth-order valence-corrected chi connectivity index (χ4v) is 8.79. The lowest BCUT2D eigenvalue weighted by Crippen LogP contribution is -2.33. The molecule has 4 unspecified atom stereocenters. The zero-order valence-electron chi connectivity index (χ0n) is 23.3. The Hall–Kier alpha value is -2.04. The number of phosphoric acid groups is 3. The van der Waals surface area contributed by atoms with Crippen molar-refractivity contribution in [2.45, 2.75) is 37.0 Å². The molecule has 248 valence electrons. The van der Waals surface area contributed by atoms with Gasteiger partial charge in [-0.2, -0.15) is 8.62 Å². The summed E-state index contributed by atoms with van der Waals surface area (Å²) in [4.78, 5) is 77.1. The molecule has 3 rings (SSSR count). The predicted molar refractivity (Wildman–Crippen MR) is 161 cm³/mol. The molecule has 45 heavy (non-hydrogen) atoms. The van der Waals surface area contributed by atoms with Gasteiger partial charge in [0.2, 0.25) is 0 Å². The number of nitrogens with zero attached hydrogens (tertiary/aromatic N) is 1. The molecule has 2 aromatic rings. The van der Waals surface area contributed by atoms with E-state index in [0.29, 0.717) is 5.56 Å². The number of rotatable bonds is 13. The summed E-state index contributed by atoms with van der Waals surface area (Å²) >= 11 is 0. The van der Waals surface area contributed by atoms with Crippen molar-refractivity contribution in [3.05, 3.63) is 68.0 Å². The van der Waals surface area contributed by atoms with Crippen LogP contribution in [0.5, 0.6) is 0 Å². The van der Waals surface area contributed by atoms with Crippen LogP contribution in [0.25, 0.3) is 0 Å². The van der Waals surface area contributed by atoms with Gasteiger partial charge in [-0.25, -0.2) is 23.3 Å². The number of esters is 1. The highest BCUT2D eigenvalue weighted by molar-refractivity contribution is 8.76. The summed E-state index contributed by atoms with van der Waals surface area (Å²) < 4.78 is 59.5. The van der Waals surface area contributed by atoms with Gasteiger partial charge in [0.15, 0.2) is 0 Å². The molecule has 0 aliphatic carbocycles. The maximum absolute atomic E-state index is 13.4. The maximum Gasteiger partial charge on any atom is 0.490 e. The molecule has 1 aromatic carbocycles. The fourth-order valence-electron chi connectivity index (χ4n) is 3.99. The Bertz CT molecular complexity index is 1720. The highest BCUT2D eigenvalue weighted by Gasteiger charge is 2.44. The van der Waals surface area contributed by atoms with E-state index in [9.17, 15) is 37.9 Å². The Kier molecular flexibility index (Phi) is 13.1. The van der Waals surface area contributed by atoms with Crippen molar-refractivity contribution < 1.29 is 60.7 Å². The Labute approximate surface area is 262 Å². The SMILES string of the molecule is CSSC(C)c1ccccc1C(=O)OC1C[C@H](n2cc(C#CCN)c(=O)[nH]c2=O)O[C@@H]1COP(=O)(O)OP(=O)(O)OP(=O)(O)O. The second-order valence-corrected chi connectivity index (χ2v) is 16.1. The van der Waals surface area contributed by atoms with E-state index in [-0.39, 0.29) is 29.3 Å². The Morgan fingerprint density at radius 3 is 2.51 bits per heavy atom. The second kappa shape index (κ2) is 15.7. The number of nitrogens with one attached hydrogen (secondary N) is 1. The van der Waals surface area contributed by atoms with Crippen molar-refractivity contribution in [3.63, 3.8) is 0 Å². The van der Waals surface area contributed by atoms with Crippen LogP contribution in [0.1, 0.15) is 46.3 Å². The smallest absolute Gasteiger partial charge is 0.456 e. The first-order valence-corrected chi connectivity index (χ1v) is 19.6. The molecule has 18 nitrogen and oxygen atoms in total. The van der Waals surface area contributed by atoms with Crippen molar-refractivity contribution in [3.8, 4) is 11.8 Å². The first kappa shape index (κ1) is 37.4. The Morgan fingerprint density at radius 1 is 1.18 bits per heavy atom. The molecule has 0 spiro atoms.